The Morgan fingerprint density at radius 3 is 2.82 bits per heavy atom. The molecule has 1 saturated heterocycles. The van der Waals surface area contributed by atoms with Gasteiger partial charge in [-0.05, 0) is 31.4 Å². The molecule has 1 unspecified atom stereocenters. The third kappa shape index (κ3) is 2.70. The van der Waals surface area contributed by atoms with Crippen molar-refractivity contribution < 1.29 is 4.42 Å². The van der Waals surface area contributed by atoms with E-state index in [1.54, 1.807) is 0 Å². The van der Waals surface area contributed by atoms with E-state index in [2.05, 4.69) is 10.2 Å². The van der Waals surface area contributed by atoms with E-state index in [9.17, 15) is 0 Å². The fourth-order valence-corrected chi connectivity index (χ4v) is 2.60. The molecule has 1 aromatic heterocycles. The first kappa shape index (κ1) is 11.3. The van der Waals surface area contributed by atoms with E-state index in [-0.39, 0.29) is 0 Å². The number of hydrogen-bond acceptors (Lipinski definition) is 4. The van der Waals surface area contributed by atoms with Crippen molar-refractivity contribution >= 4 is 0 Å². The molecule has 94 valence electrons. The van der Waals surface area contributed by atoms with Crippen LogP contribution in [0, 0.1) is 0 Å². The molecular formula is C13H21N3O. The summed E-state index contributed by atoms with van der Waals surface area (Å²) in [5.41, 5.74) is 5.52. The van der Waals surface area contributed by atoms with Crippen molar-refractivity contribution in [3.8, 4) is 0 Å². The number of furan rings is 1. The topological polar surface area (TPSA) is 54.4 Å². The maximum Gasteiger partial charge on any atom is 0.118 e. The van der Waals surface area contributed by atoms with Crippen LogP contribution in [-0.4, -0.2) is 30.1 Å². The van der Waals surface area contributed by atoms with E-state index in [1.165, 1.54) is 32.4 Å². The summed E-state index contributed by atoms with van der Waals surface area (Å²) in [5.74, 6) is 1.86. The highest BCUT2D eigenvalue weighted by Crippen LogP contribution is 2.29. The first-order valence-corrected chi connectivity index (χ1v) is 6.60. The molecule has 0 radical (unpaired) electrons. The number of hydrogen-bond donors (Lipinski definition) is 2. The van der Waals surface area contributed by atoms with Crippen molar-refractivity contribution in [2.75, 3.05) is 13.1 Å². The van der Waals surface area contributed by atoms with Gasteiger partial charge >= 0.3 is 0 Å². The Hall–Kier alpha value is -0.840. The summed E-state index contributed by atoms with van der Waals surface area (Å²) >= 11 is 0. The minimum absolute atomic E-state index is 0.485. The van der Waals surface area contributed by atoms with E-state index < -0.39 is 0 Å². The van der Waals surface area contributed by atoms with Crippen LogP contribution < -0.4 is 11.1 Å². The molecule has 4 heteroatoms. The van der Waals surface area contributed by atoms with E-state index in [0.717, 1.165) is 24.1 Å². The highest BCUT2D eigenvalue weighted by Gasteiger charge is 2.34. The number of nitrogens with one attached hydrogen (secondary N) is 1. The second-order valence-corrected chi connectivity index (χ2v) is 5.16. The van der Waals surface area contributed by atoms with Crippen molar-refractivity contribution in [3.05, 3.63) is 23.7 Å². The van der Waals surface area contributed by atoms with Gasteiger partial charge in [0.1, 0.15) is 11.5 Å². The monoisotopic (exact) mass is 235 g/mol. The molecule has 1 aliphatic heterocycles. The molecule has 3 rings (SSSR count). The quantitative estimate of drug-likeness (QED) is 0.801. The Labute approximate surface area is 102 Å². The predicted octanol–water partition coefficient (Wildman–Crippen LogP) is 1.06. The van der Waals surface area contributed by atoms with Crippen molar-refractivity contribution in [2.24, 2.45) is 5.73 Å². The van der Waals surface area contributed by atoms with Gasteiger partial charge in [-0.1, -0.05) is 0 Å². The first-order valence-electron chi connectivity index (χ1n) is 6.60. The van der Waals surface area contributed by atoms with Crippen molar-refractivity contribution in [1.29, 1.82) is 0 Å². The van der Waals surface area contributed by atoms with Gasteiger partial charge in [-0.25, -0.2) is 0 Å². The van der Waals surface area contributed by atoms with Gasteiger partial charge in [0.15, 0.2) is 0 Å². The standard InChI is InChI=1S/C13H21N3O/c14-7-12-3-4-13(17-12)8-15-10-5-6-16(9-10)11-1-2-11/h3-4,10-11,15H,1-2,5-9,14H2. The Kier molecular flexibility index (Phi) is 3.18. The first-order chi connectivity index (χ1) is 8.35. The van der Waals surface area contributed by atoms with Crippen LogP contribution in [0.3, 0.4) is 0 Å². The molecule has 4 nitrogen and oxygen atoms in total. The third-order valence-corrected chi connectivity index (χ3v) is 3.77. The molecule has 2 aliphatic rings. The van der Waals surface area contributed by atoms with Crippen LogP contribution in [0.1, 0.15) is 30.8 Å². The van der Waals surface area contributed by atoms with Crippen molar-refractivity contribution in [3.63, 3.8) is 0 Å². The molecule has 3 N–H and O–H groups in total. The molecule has 2 fully saturated rings. The Balaban J connectivity index is 1.44. The average Bonchev–Trinajstić information content (AvgIpc) is 2.93. The molecule has 0 amide bonds. The maximum atomic E-state index is 5.58. The number of nitrogens with two attached hydrogens (primary N) is 1. The molecule has 1 aromatic rings. The summed E-state index contributed by atoms with van der Waals surface area (Å²) in [6.07, 6.45) is 4.08. The van der Waals surface area contributed by atoms with Gasteiger partial charge in [-0.15, -0.1) is 0 Å². The van der Waals surface area contributed by atoms with E-state index in [1.807, 2.05) is 12.1 Å². The van der Waals surface area contributed by atoms with Crippen LogP contribution in [-0.2, 0) is 13.1 Å². The summed E-state index contributed by atoms with van der Waals surface area (Å²) in [4.78, 5) is 2.62. The number of likely N-dealkylation sites (tertiary alicyclic amines) is 1. The number of rotatable bonds is 5. The largest absolute Gasteiger partial charge is 0.463 e. The van der Waals surface area contributed by atoms with Crippen LogP contribution in [0.2, 0.25) is 0 Å². The molecule has 0 aromatic carbocycles. The maximum absolute atomic E-state index is 5.58. The fourth-order valence-electron chi connectivity index (χ4n) is 2.60. The van der Waals surface area contributed by atoms with Crippen LogP contribution in [0.4, 0.5) is 0 Å². The van der Waals surface area contributed by atoms with Gasteiger partial charge in [0, 0.05) is 25.2 Å². The smallest absolute Gasteiger partial charge is 0.118 e. The van der Waals surface area contributed by atoms with Gasteiger partial charge < -0.3 is 15.5 Å². The van der Waals surface area contributed by atoms with Crippen LogP contribution in [0.25, 0.3) is 0 Å². The highest BCUT2D eigenvalue weighted by molar-refractivity contribution is 5.07. The fraction of sp³-hybridized carbons (Fsp3) is 0.692. The second-order valence-electron chi connectivity index (χ2n) is 5.16. The van der Waals surface area contributed by atoms with E-state index in [4.69, 9.17) is 10.2 Å². The normalized spacial score (nSPS) is 25.6. The average molecular weight is 235 g/mol. The molecule has 1 atom stereocenters. The second kappa shape index (κ2) is 4.80. The Bertz CT molecular complexity index is 372. The zero-order valence-corrected chi connectivity index (χ0v) is 10.2. The SMILES string of the molecule is NCc1ccc(CNC2CCN(C3CC3)C2)o1. The van der Waals surface area contributed by atoms with Gasteiger partial charge in [0.25, 0.3) is 0 Å². The molecular weight excluding hydrogens is 214 g/mol. The van der Waals surface area contributed by atoms with Crippen molar-refractivity contribution in [1.82, 2.24) is 10.2 Å². The summed E-state index contributed by atoms with van der Waals surface area (Å²) in [7, 11) is 0. The summed E-state index contributed by atoms with van der Waals surface area (Å²) < 4.78 is 5.58. The summed E-state index contributed by atoms with van der Waals surface area (Å²) in [6.45, 7) is 3.77. The zero-order valence-electron chi connectivity index (χ0n) is 10.2. The van der Waals surface area contributed by atoms with Gasteiger partial charge in [-0.2, -0.15) is 0 Å². The van der Waals surface area contributed by atoms with Crippen LogP contribution in [0.15, 0.2) is 16.5 Å². The van der Waals surface area contributed by atoms with Gasteiger partial charge in [0.2, 0.25) is 0 Å². The van der Waals surface area contributed by atoms with Gasteiger partial charge in [0.05, 0.1) is 13.1 Å². The molecule has 0 spiro atoms. The zero-order chi connectivity index (χ0) is 11.7. The van der Waals surface area contributed by atoms with Gasteiger partial charge in [-0.3, -0.25) is 4.90 Å². The van der Waals surface area contributed by atoms with Crippen LogP contribution >= 0.6 is 0 Å². The van der Waals surface area contributed by atoms with Crippen molar-refractivity contribution in [2.45, 2.75) is 44.4 Å². The predicted molar refractivity (Wildman–Crippen MR) is 66.4 cm³/mol. The molecule has 1 aliphatic carbocycles. The summed E-state index contributed by atoms with van der Waals surface area (Å²) in [5, 5.41) is 3.57. The summed E-state index contributed by atoms with van der Waals surface area (Å²) in [6, 6.07) is 5.50. The van der Waals surface area contributed by atoms with E-state index in [0.29, 0.717) is 12.6 Å². The molecule has 0 bridgehead atoms. The highest BCUT2D eigenvalue weighted by atomic mass is 16.3. The van der Waals surface area contributed by atoms with E-state index >= 15 is 0 Å². The van der Waals surface area contributed by atoms with Crippen LogP contribution in [0.5, 0.6) is 0 Å². The minimum atomic E-state index is 0.485. The lowest BCUT2D eigenvalue weighted by molar-refractivity contribution is 0.315. The molecule has 1 saturated carbocycles. The minimum Gasteiger partial charge on any atom is -0.463 e. The number of nitrogens with zero attached hydrogens (tertiary/aromatic N) is 1. The Morgan fingerprint density at radius 2 is 2.12 bits per heavy atom. The Morgan fingerprint density at radius 1 is 1.29 bits per heavy atom. The lowest BCUT2D eigenvalue weighted by atomic mass is 10.2. The third-order valence-electron chi connectivity index (χ3n) is 3.77. The lowest BCUT2D eigenvalue weighted by Crippen LogP contribution is -2.32. The molecule has 17 heavy (non-hydrogen) atoms. The lowest BCUT2D eigenvalue weighted by Gasteiger charge is -2.15. The molecule has 2 heterocycles.